The Bertz CT molecular complexity index is 533. The average Bonchev–Trinajstić information content (AvgIpc) is 2.51. The quantitative estimate of drug-likeness (QED) is 0.451. The summed E-state index contributed by atoms with van der Waals surface area (Å²) in [7, 11) is 0. The highest BCUT2D eigenvalue weighted by Crippen LogP contribution is 2.32. The van der Waals surface area contributed by atoms with Crippen molar-refractivity contribution >= 4 is 29.7 Å². The van der Waals surface area contributed by atoms with E-state index < -0.39 is 41.7 Å². The van der Waals surface area contributed by atoms with Crippen LogP contribution in [0.15, 0.2) is 0 Å². The molecule has 0 radical (unpaired) electrons. The van der Waals surface area contributed by atoms with Crippen molar-refractivity contribution in [1.82, 2.24) is 0 Å². The van der Waals surface area contributed by atoms with Gasteiger partial charge in [0.15, 0.2) is 18.3 Å². The van der Waals surface area contributed by atoms with Crippen molar-refractivity contribution in [3.05, 3.63) is 0 Å². The number of aliphatic hydroxyl groups excluding tert-OH is 1. The lowest BCUT2D eigenvalue weighted by molar-refractivity contribution is -0.191. The highest BCUT2D eigenvalue weighted by molar-refractivity contribution is 7.99. The zero-order valence-corrected chi connectivity index (χ0v) is 18.5. The van der Waals surface area contributed by atoms with Crippen LogP contribution in [0.2, 0.25) is 0 Å². The molecular weight excluding hydrogens is 384 g/mol. The number of rotatable bonds is 9. The van der Waals surface area contributed by atoms with Crippen LogP contribution in [-0.2, 0) is 28.6 Å². The van der Waals surface area contributed by atoms with E-state index in [1.165, 1.54) is 0 Å². The van der Waals surface area contributed by atoms with Gasteiger partial charge in [-0.25, -0.2) is 0 Å². The third-order valence-corrected chi connectivity index (χ3v) is 5.08. The van der Waals surface area contributed by atoms with Crippen molar-refractivity contribution < 1.29 is 33.7 Å². The summed E-state index contributed by atoms with van der Waals surface area (Å²) in [6.07, 6.45) is -2.31. The number of carbonyl (C=O) groups excluding carboxylic acids is 3. The van der Waals surface area contributed by atoms with E-state index in [0.29, 0.717) is 0 Å². The maximum absolute atomic E-state index is 12.3. The van der Waals surface area contributed by atoms with Crippen molar-refractivity contribution in [3.63, 3.8) is 0 Å². The Balaban J connectivity index is 2.97. The molecule has 4 atom stereocenters. The van der Waals surface area contributed by atoms with E-state index in [-0.39, 0.29) is 42.8 Å². The number of aliphatic hydroxyl groups is 1. The number of thioether (sulfide) groups is 1. The molecule has 1 aliphatic rings. The largest absolute Gasteiger partial charge is 0.457 e. The molecule has 1 heterocycles. The molecule has 1 N–H and O–H groups in total. The normalized spacial score (nSPS) is 25.1. The minimum Gasteiger partial charge on any atom is -0.457 e. The Labute approximate surface area is 171 Å². The molecule has 0 aromatic carbocycles. The molecule has 1 fully saturated rings. The molecule has 28 heavy (non-hydrogen) atoms. The molecule has 162 valence electrons. The maximum atomic E-state index is 12.3. The molecule has 0 spiro atoms. The minimum atomic E-state index is -1.09. The first-order chi connectivity index (χ1) is 13.0. The fourth-order valence-electron chi connectivity index (χ4n) is 2.74. The van der Waals surface area contributed by atoms with Crippen molar-refractivity contribution in [2.75, 3.05) is 5.75 Å². The first-order valence-electron chi connectivity index (χ1n) is 9.87. The second kappa shape index (κ2) is 11.7. The van der Waals surface area contributed by atoms with Crippen LogP contribution < -0.4 is 0 Å². The van der Waals surface area contributed by atoms with Crippen molar-refractivity contribution in [3.8, 4) is 0 Å². The predicted octanol–water partition coefficient (Wildman–Crippen LogP) is 2.93. The van der Waals surface area contributed by atoms with Gasteiger partial charge < -0.3 is 19.3 Å². The van der Waals surface area contributed by atoms with Crippen LogP contribution in [0.3, 0.4) is 0 Å². The Morgan fingerprint density at radius 1 is 0.786 bits per heavy atom. The topological polar surface area (TPSA) is 99.1 Å². The van der Waals surface area contributed by atoms with Crippen LogP contribution in [0.1, 0.15) is 60.8 Å². The monoisotopic (exact) mass is 418 g/mol. The van der Waals surface area contributed by atoms with Gasteiger partial charge in [-0.1, -0.05) is 41.5 Å². The van der Waals surface area contributed by atoms with Crippen LogP contribution >= 0.6 is 11.8 Å². The zero-order chi connectivity index (χ0) is 21.4. The summed E-state index contributed by atoms with van der Waals surface area (Å²) in [6.45, 7) is 11.3. The van der Waals surface area contributed by atoms with E-state index in [1.807, 2.05) is 41.5 Å². The van der Waals surface area contributed by atoms with Crippen LogP contribution in [0, 0.1) is 17.8 Å². The summed E-state index contributed by atoms with van der Waals surface area (Å²) in [5.41, 5.74) is -1.06. The van der Waals surface area contributed by atoms with Gasteiger partial charge in [0.25, 0.3) is 0 Å². The molecule has 0 aromatic rings. The standard InChI is InChI=1S/C20H34O7S/c1-11(2)7-15(21)25-14-10-28-20(24)19(27-17(23)9-13(5)6)18(14)26-16(22)8-12(3)4/h11-14,18-20,24H,7-10H2,1-6H3/t14-,18+,19-,20-/m1/s1. The Morgan fingerprint density at radius 2 is 1.18 bits per heavy atom. The highest BCUT2D eigenvalue weighted by atomic mass is 32.2. The van der Waals surface area contributed by atoms with Crippen LogP contribution in [0.5, 0.6) is 0 Å². The molecular formula is C20H34O7S. The molecule has 0 saturated carbocycles. The fourth-order valence-corrected chi connectivity index (χ4v) is 3.79. The van der Waals surface area contributed by atoms with Gasteiger partial charge in [-0.05, 0) is 17.8 Å². The molecule has 0 bridgehead atoms. The van der Waals surface area contributed by atoms with Gasteiger partial charge in [0.1, 0.15) is 5.44 Å². The van der Waals surface area contributed by atoms with E-state index in [9.17, 15) is 19.5 Å². The van der Waals surface area contributed by atoms with Crippen molar-refractivity contribution in [2.45, 2.75) is 84.6 Å². The second-order valence-corrected chi connectivity index (χ2v) is 9.60. The predicted molar refractivity (Wildman–Crippen MR) is 106 cm³/mol. The summed E-state index contributed by atoms with van der Waals surface area (Å²) in [5, 5.41) is 10.4. The van der Waals surface area contributed by atoms with E-state index >= 15 is 0 Å². The average molecular weight is 419 g/mol. The summed E-state index contributed by atoms with van der Waals surface area (Å²) in [4.78, 5) is 36.6. The molecule has 7 nitrogen and oxygen atoms in total. The molecule has 1 rings (SSSR count). The van der Waals surface area contributed by atoms with Crippen LogP contribution in [-0.4, -0.2) is 52.5 Å². The Hall–Kier alpha value is -1.28. The lowest BCUT2D eigenvalue weighted by Crippen LogP contribution is -2.54. The second-order valence-electron chi connectivity index (χ2n) is 8.46. The molecule has 0 aliphatic carbocycles. The van der Waals surface area contributed by atoms with Crippen molar-refractivity contribution in [2.24, 2.45) is 17.8 Å². The molecule has 0 amide bonds. The molecule has 0 unspecified atom stereocenters. The lowest BCUT2D eigenvalue weighted by atomic mass is 10.1. The summed E-state index contributed by atoms with van der Waals surface area (Å²) in [5.74, 6) is -0.831. The Morgan fingerprint density at radius 3 is 1.61 bits per heavy atom. The smallest absolute Gasteiger partial charge is 0.306 e. The first kappa shape index (κ1) is 24.8. The lowest BCUT2D eigenvalue weighted by Gasteiger charge is -2.38. The molecule has 8 heteroatoms. The molecule has 0 aromatic heterocycles. The van der Waals surface area contributed by atoms with Gasteiger partial charge in [0, 0.05) is 25.0 Å². The number of ether oxygens (including phenoxy) is 3. The van der Waals surface area contributed by atoms with Crippen molar-refractivity contribution in [1.29, 1.82) is 0 Å². The van der Waals surface area contributed by atoms with Gasteiger partial charge in [0.05, 0.1) is 0 Å². The van der Waals surface area contributed by atoms with Crippen LogP contribution in [0.4, 0.5) is 0 Å². The molecule has 1 saturated heterocycles. The van der Waals surface area contributed by atoms with Gasteiger partial charge >= 0.3 is 17.9 Å². The number of esters is 3. The maximum Gasteiger partial charge on any atom is 0.306 e. The number of hydrogen-bond acceptors (Lipinski definition) is 8. The van der Waals surface area contributed by atoms with Gasteiger partial charge in [-0.2, -0.15) is 0 Å². The van der Waals surface area contributed by atoms with Gasteiger partial charge in [0.2, 0.25) is 0 Å². The highest BCUT2D eigenvalue weighted by Gasteiger charge is 2.46. The van der Waals surface area contributed by atoms with Gasteiger partial charge in [-0.15, -0.1) is 11.8 Å². The SMILES string of the molecule is CC(C)CC(=O)O[C@@H]1[C@@H](OC(=O)CC(C)C)[C@H](OC(=O)CC(C)C)CS[C@H]1O. The summed E-state index contributed by atoms with van der Waals surface area (Å²) in [6, 6.07) is 0. The van der Waals surface area contributed by atoms with E-state index in [2.05, 4.69) is 0 Å². The van der Waals surface area contributed by atoms with E-state index in [1.54, 1.807) is 0 Å². The van der Waals surface area contributed by atoms with Gasteiger partial charge in [-0.3, -0.25) is 14.4 Å². The number of carbonyl (C=O) groups is 3. The molecule has 1 aliphatic heterocycles. The summed E-state index contributed by atoms with van der Waals surface area (Å²) >= 11 is 1.11. The Kier molecular flexibility index (Phi) is 10.3. The zero-order valence-electron chi connectivity index (χ0n) is 17.7. The van der Waals surface area contributed by atoms with Crippen LogP contribution in [0.25, 0.3) is 0 Å². The number of hydrogen-bond donors (Lipinski definition) is 1. The fraction of sp³-hybridized carbons (Fsp3) is 0.850. The summed E-state index contributed by atoms with van der Waals surface area (Å²) < 4.78 is 16.5. The van der Waals surface area contributed by atoms with E-state index in [4.69, 9.17) is 14.2 Å². The minimum absolute atomic E-state index is 0.0827. The third kappa shape index (κ3) is 8.82. The first-order valence-corrected chi connectivity index (χ1v) is 10.9. The van der Waals surface area contributed by atoms with E-state index in [0.717, 1.165) is 11.8 Å². The third-order valence-electron chi connectivity index (χ3n) is 3.95.